The van der Waals surface area contributed by atoms with Crippen LogP contribution in [0.4, 0.5) is 16.2 Å². The summed E-state index contributed by atoms with van der Waals surface area (Å²) in [5.41, 5.74) is 1.49. The SMILES string of the molecule is CO[C@H]1CN(C)C(=O)c2ccc(NC(=O)Nc3cccc(Cl)c3)cc2OC[C@H](C)NC[C@@H]1C. The van der Waals surface area contributed by atoms with Crippen molar-refractivity contribution in [2.75, 3.05) is 44.5 Å². The number of benzene rings is 2. The molecule has 0 aliphatic carbocycles. The number of nitrogens with zero attached hydrogens (tertiary/aromatic N) is 1. The largest absolute Gasteiger partial charge is 0.491 e. The fourth-order valence-corrected chi connectivity index (χ4v) is 3.78. The van der Waals surface area contributed by atoms with E-state index in [1.54, 1.807) is 61.5 Å². The van der Waals surface area contributed by atoms with Crippen molar-refractivity contribution in [3.8, 4) is 5.75 Å². The Labute approximate surface area is 199 Å². The van der Waals surface area contributed by atoms with Gasteiger partial charge in [0.05, 0.1) is 11.7 Å². The molecule has 0 radical (unpaired) electrons. The van der Waals surface area contributed by atoms with Gasteiger partial charge in [0.15, 0.2) is 0 Å². The molecule has 2 aromatic carbocycles. The molecule has 0 unspecified atom stereocenters. The molecule has 3 atom stereocenters. The lowest BCUT2D eigenvalue weighted by atomic mass is 10.0. The summed E-state index contributed by atoms with van der Waals surface area (Å²) >= 11 is 5.97. The Bertz CT molecular complexity index is 987. The van der Waals surface area contributed by atoms with E-state index in [0.717, 1.165) is 6.54 Å². The van der Waals surface area contributed by atoms with Gasteiger partial charge in [-0.3, -0.25) is 4.79 Å². The summed E-state index contributed by atoms with van der Waals surface area (Å²) < 4.78 is 11.6. The summed E-state index contributed by atoms with van der Waals surface area (Å²) in [6.07, 6.45) is -0.0985. The van der Waals surface area contributed by atoms with Crippen molar-refractivity contribution in [1.82, 2.24) is 10.2 Å². The average Bonchev–Trinajstić information content (AvgIpc) is 2.78. The highest BCUT2D eigenvalue weighted by molar-refractivity contribution is 6.30. The van der Waals surface area contributed by atoms with Gasteiger partial charge in [-0.25, -0.2) is 4.79 Å². The molecule has 9 heteroatoms. The zero-order valence-electron chi connectivity index (χ0n) is 19.4. The van der Waals surface area contributed by atoms with E-state index in [0.29, 0.717) is 40.9 Å². The number of amides is 3. The second-order valence-corrected chi connectivity index (χ2v) is 8.79. The maximum atomic E-state index is 13.2. The Hall–Kier alpha value is -2.81. The Morgan fingerprint density at radius 3 is 2.61 bits per heavy atom. The minimum absolute atomic E-state index is 0.0628. The average molecular weight is 475 g/mol. The first-order chi connectivity index (χ1) is 15.8. The number of hydrogen-bond donors (Lipinski definition) is 3. The zero-order chi connectivity index (χ0) is 24.0. The van der Waals surface area contributed by atoms with Crippen LogP contribution in [0, 0.1) is 5.92 Å². The maximum Gasteiger partial charge on any atom is 0.323 e. The molecule has 178 valence electrons. The van der Waals surface area contributed by atoms with Crippen LogP contribution in [-0.2, 0) is 4.74 Å². The number of carbonyl (C=O) groups is 2. The van der Waals surface area contributed by atoms with Gasteiger partial charge in [0.2, 0.25) is 0 Å². The first-order valence-corrected chi connectivity index (χ1v) is 11.3. The van der Waals surface area contributed by atoms with Gasteiger partial charge >= 0.3 is 6.03 Å². The van der Waals surface area contributed by atoms with Crippen molar-refractivity contribution in [3.63, 3.8) is 0 Å². The molecule has 0 saturated carbocycles. The van der Waals surface area contributed by atoms with Crippen LogP contribution in [0.2, 0.25) is 5.02 Å². The summed E-state index contributed by atoms with van der Waals surface area (Å²) in [5.74, 6) is 0.454. The fourth-order valence-electron chi connectivity index (χ4n) is 3.59. The minimum atomic E-state index is -0.430. The molecule has 8 nitrogen and oxygen atoms in total. The summed E-state index contributed by atoms with van der Waals surface area (Å²) in [5, 5.41) is 9.48. The number of fused-ring (bicyclic) bond motifs is 1. The van der Waals surface area contributed by atoms with Crippen molar-refractivity contribution in [2.24, 2.45) is 5.92 Å². The molecule has 0 spiro atoms. The number of halogens is 1. The summed E-state index contributed by atoms with van der Waals surface area (Å²) in [4.78, 5) is 27.2. The molecule has 0 saturated heterocycles. The third kappa shape index (κ3) is 6.83. The Kier molecular flexibility index (Phi) is 8.55. The van der Waals surface area contributed by atoms with Crippen LogP contribution < -0.4 is 20.7 Å². The standard InChI is InChI=1S/C24H31ClN4O4/c1-15-12-26-16(2)14-33-21-11-19(28-24(31)27-18-7-5-6-17(25)10-18)8-9-20(21)23(30)29(3)13-22(15)32-4/h5-11,15-16,22,26H,12-14H2,1-4H3,(H2,27,28,31)/t15-,16-,22-/m0/s1. The van der Waals surface area contributed by atoms with E-state index in [2.05, 4.69) is 22.9 Å². The number of anilines is 2. The van der Waals surface area contributed by atoms with Crippen molar-refractivity contribution in [3.05, 3.63) is 53.1 Å². The molecule has 1 heterocycles. The number of ether oxygens (including phenoxy) is 2. The number of hydrogen-bond acceptors (Lipinski definition) is 5. The van der Waals surface area contributed by atoms with Crippen molar-refractivity contribution >= 4 is 34.9 Å². The number of nitrogens with one attached hydrogen (secondary N) is 3. The molecule has 0 aromatic heterocycles. The van der Waals surface area contributed by atoms with Crippen LogP contribution >= 0.6 is 11.6 Å². The molecule has 3 N–H and O–H groups in total. The topological polar surface area (TPSA) is 91.9 Å². The summed E-state index contributed by atoms with van der Waals surface area (Å²) in [6.45, 7) is 5.68. The lowest BCUT2D eigenvalue weighted by Crippen LogP contribution is -2.44. The van der Waals surface area contributed by atoms with Crippen LogP contribution in [0.15, 0.2) is 42.5 Å². The lowest BCUT2D eigenvalue weighted by Gasteiger charge is -2.30. The zero-order valence-corrected chi connectivity index (χ0v) is 20.1. The first kappa shape index (κ1) is 24.8. The van der Waals surface area contributed by atoms with Gasteiger partial charge in [0.1, 0.15) is 12.4 Å². The van der Waals surface area contributed by atoms with Gasteiger partial charge < -0.3 is 30.3 Å². The van der Waals surface area contributed by atoms with Gasteiger partial charge in [-0.15, -0.1) is 0 Å². The van der Waals surface area contributed by atoms with Crippen LogP contribution in [0.25, 0.3) is 0 Å². The van der Waals surface area contributed by atoms with E-state index in [9.17, 15) is 9.59 Å². The smallest absolute Gasteiger partial charge is 0.323 e. The molecule has 1 aliphatic rings. The summed E-state index contributed by atoms with van der Waals surface area (Å²) in [6, 6.07) is 11.5. The van der Waals surface area contributed by atoms with E-state index in [4.69, 9.17) is 21.1 Å². The number of likely N-dealkylation sites (N-methyl/N-ethyl adjacent to an activating group) is 1. The lowest BCUT2D eigenvalue weighted by molar-refractivity contribution is 0.0281. The van der Waals surface area contributed by atoms with E-state index >= 15 is 0 Å². The van der Waals surface area contributed by atoms with Gasteiger partial charge in [0.25, 0.3) is 5.91 Å². The Morgan fingerprint density at radius 1 is 1.18 bits per heavy atom. The van der Waals surface area contributed by atoms with Crippen LogP contribution in [-0.4, -0.2) is 62.8 Å². The fraction of sp³-hybridized carbons (Fsp3) is 0.417. The predicted molar refractivity (Wildman–Crippen MR) is 130 cm³/mol. The van der Waals surface area contributed by atoms with E-state index < -0.39 is 6.03 Å². The number of rotatable bonds is 3. The van der Waals surface area contributed by atoms with Gasteiger partial charge in [-0.05, 0) is 43.2 Å². The highest BCUT2D eigenvalue weighted by atomic mass is 35.5. The normalized spacial score (nSPS) is 21.8. The third-order valence-electron chi connectivity index (χ3n) is 5.57. The molecular weight excluding hydrogens is 444 g/mol. The molecular formula is C24H31ClN4O4. The monoisotopic (exact) mass is 474 g/mol. The van der Waals surface area contributed by atoms with Crippen LogP contribution in [0.5, 0.6) is 5.75 Å². The quantitative estimate of drug-likeness (QED) is 0.623. The van der Waals surface area contributed by atoms with Gasteiger partial charge in [-0.2, -0.15) is 0 Å². The van der Waals surface area contributed by atoms with Crippen LogP contribution in [0.1, 0.15) is 24.2 Å². The Morgan fingerprint density at radius 2 is 1.91 bits per heavy atom. The summed E-state index contributed by atoms with van der Waals surface area (Å²) in [7, 11) is 3.41. The van der Waals surface area contributed by atoms with Crippen molar-refractivity contribution in [1.29, 1.82) is 0 Å². The van der Waals surface area contributed by atoms with Crippen molar-refractivity contribution < 1.29 is 19.1 Å². The van der Waals surface area contributed by atoms with Gasteiger partial charge in [-0.1, -0.05) is 24.6 Å². The van der Waals surface area contributed by atoms with Crippen molar-refractivity contribution in [2.45, 2.75) is 26.0 Å². The predicted octanol–water partition coefficient (Wildman–Crippen LogP) is 4.08. The van der Waals surface area contributed by atoms with E-state index in [1.165, 1.54) is 0 Å². The number of urea groups is 1. The van der Waals surface area contributed by atoms with Gasteiger partial charge in [0, 0.05) is 55.8 Å². The molecule has 0 fully saturated rings. The third-order valence-corrected chi connectivity index (χ3v) is 5.80. The second kappa shape index (κ2) is 11.4. The highest BCUT2D eigenvalue weighted by Gasteiger charge is 2.25. The van der Waals surface area contributed by atoms with E-state index in [-0.39, 0.29) is 24.0 Å². The minimum Gasteiger partial charge on any atom is -0.491 e. The van der Waals surface area contributed by atoms with E-state index in [1.807, 2.05) is 6.92 Å². The molecule has 3 amide bonds. The molecule has 1 aliphatic heterocycles. The molecule has 33 heavy (non-hydrogen) atoms. The number of methoxy groups -OCH3 is 1. The molecule has 2 aromatic rings. The Balaban J connectivity index is 1.80. The second-order valence-electron chi connectivity index (χ2n) is 8.36. The molecule has 3 rings (SSSR count). The first-order valence-electron chi connectivity index (χ1n) is 10.9. The maximum absolute atomic E-state index is 13.2. The van der Waals surface area contributed by atoms with Crippen LogP contribution in [0.3, 0.4) is 0 Å². The number of carbonyl (C=O) groups excluding carboxylic acids is 2. The molecule has 0 bridgehead atoms. The highest BCUT2D eigenvalue weighted by Crippen LogP contribution is 2.26.